The topological polar surface area (TPSA) is 76.7 Å². The highest BCUT2D eigenvalue weighted by atomic mass is 19.1. The third-order valence-corrected chi connectivity index (χ3v) is 4.10. The minimum Gasteiger partial charge on any atom is -0.496 e. The molecule has 1 atom stereocenters. The zero-order valence-corrected chi connectivity index (χ0v) is 13.6. The number of fused-ring (bicyclic) bond motifs is 1. The normalized spacial score (nSPS) is 12.1. The fourth-order valence-electron chi connectivity index (χ4n) is 2.74. The highest BCUT2D eigenvalue weighted by molar-refractivity contribution is 6.17. The number of carbonyl (C=O) groups excluding carboxylic acids is 1. The largest absolute Gasteiger partial charge is 0.496 e. The van der Waals surface area contributed by atoms with Crippen LogP contribution in [0.25, 0.3) is 11.0 Å². The average Bonchev–Trinajstić information content (AvgIpc) is 3.07. The molecule has 5 nitrogen and oxygen atoms in total. The first-order valence-corrected chi connectivity index (χ1v) is 7.55. The Hall–Kier alpha value is -3.15. The van der Waals surface area contributed by atoms with Crippen molar-refractivity contribution in [3.05, 3.63) is 65.2 Å². The summed E-state index contributed by atoms with van der Waals surface area (Å²) in [6, 6.07) is 8.37. The number of hydrogen-bond acceptors (Lipinski definition) is 4. The fraction of sp³-hybridized carbons (Fsp3) is 0.158. The number of benzene rings is 2. The van der Waals surface area contributed by atoms with Gasteiger partial charge in [-0.05, 0) is 43.3 Å². The number of methoxy groups -OCH3 is 1. The molecule has 25 heavy (non-hydrogen) atoms. The molecule has 0 spiro atoms. The van der Waals surface area contributed by atoms with E-state index < -0.39 is 23.5 Å². The second kappa shape index (κ2) is 6.39. The quantitative estimate of drug-likeness (QED) is 0.709. The molecule has 0 fully saturated rings. The lowest BCUT2D eigenvalue weighted by Crippen LogP contribution is -2.12. The number of ketones is 1. The third kappa shape index (κ3) is 2.87. The van der Waals surface area contributed by atoms with E-state index in [-0.39, 0.29) is 16.9 Å². The summed E-state index contributed by atoms with van der Waals surface area (Å²) in [4.78, 5) is 24.4. The van der Waals surface area contributed by atoms with Gasteiger partial charge in [0.1, 0.15) is 22.7 Å². The molecule has 0 aliphatic heterocycles. The lowest BCUT2D eigenvalue weighted by atomic mass is 9.92. The maximum absolute atomic E-state index is 13.1. The van der Waals surface area contributed by atoms with Gasteiger partial charge < -0.3 is 14.3 Å². The second-order valence-electron chi connectivity index (χ2n) is 5.61. The molecule has 2 aromatic carbocycles. The fourth-order valence-corrected chi connectivity index (χ4v) is 2.74. The lowest BCUT2D eigenvalue weighted by molar-refractivity contribution is -0.138. The van der Waals surface area contributed by atoms with Crippen LogP contribution in [0.4, 0.5) is 4.39 Å². The highest BCUT2D eigenvalue weighted by Crippen LogP contribution is 2.38. The summed E-state index contributed by atoms with van der Waals surface area (Å²) in [5, 5.41) is 9.94. The molecule has 3 aromatic rings. The molecule has 6 heteroatoms. The van der Waals surface area contributed by atoms with E-state index in [0.29, 0.717) is 16.5 Å². The van der Waals surface area contributed by atoms with Crippen molar-refractivity contribution in [2.75, 3.05) is 7.11 Å². The number of carbonyl (C=O) groups is 2. The standard InChI is InChI=1S/C19H15FO5/c1-10(19(22)23)14-9-12-7-8-25-17(12)15(18(14)24-2)16(21)11-3-5-13(20)6-4-11/h3-10H,1-2H3,(H,22,23). The third-order valence-electron chi connectivity index (χ3n) is 4.10. The Labute approximate surface area is 142 Å². The number of aliphatic carboxylic acids is 1. The molecule has 1 N–H and O–H groups in total. The van der Waals surface area contributed by atoms with Crippen molar-refractivity contribution in [2.45, 2.75) is 12.8 Å². The Morgan fingerprint density at radius 3 is 2.48 bits per heavy atom. The van der Waals surface area contributed by atoms with Crippen LogP contribution in [0, 0.1) is 5.82 Å². The first-order valence-electron chi connectivity index (χ1n) is 7.55. The van der Waals surface area contributed by atoms with E-state index in [9.17, 15) is 19.1 Å². The van der Waals surface area contributed by atoms with Gasteiger partial charge >= 0.3 is 5.97 Å². The molecule has 0 saturated carbocycles. The molecule has 0 aliphatic carbocycles. The van der Waals surface area contributed by atoms with Gasteiger partial charge in [0.2, 0.25) is 5.78 Å². The average molecular weight is 342 g/mol. The first kappa shape index (κ1) is 16.7. The van der Waals surface area contributed by atoms with Gasteiger partial charge in [-0.25, -0.2) is 4.39 Å². The summed E-state index contributed by atoms with van der Waals surface area (Å²) in [7, 11) is 1.36. The van der Waals surface area contributed by atoms with E-state index in [0.717, 1.165) is 0 Å². The summed E-state index contributed by atoms with van der Waals surface area (Å²) in [6.45, 7) is 1.51. The zero-order valence-electron chi connectivity index (χ0n) is 13.6. The Morgan fingerprint density at radius 2 is 1.88 bits per heavy atom. The van der Waals surface area contributed by atoms with E-state index in [1.165, 1.54) is 44.6 Å². The van der Waals surface area contributed by atoms with Crippen LogP contribution in [0.5, 0.6) is 5.75 Å². The molecule has 1 heterocycles. The molecule has 0 aliphatic rings. The van der Waals surface area contributed by atoms with Crippen LogP contribution in [0.15, 0.2) is 47.1 Å². The zero-order chi connectivity index (χ0) is 18.1. The number of halogens is 1. The number of ether oxygens (including phenoxy) is 1. The van der Waals surface area contributed by atoms with Gasteiger partial charge in [0.25, 0.3) is 0 Å². The molecular weight excluding hydrogens is 327 g/mol. The van der Waals surface area contributed by atoms with E-state index in [4.69, 9.17) is 9.15 Å². The molecular formula is C19H15FO5. The van der Waals surface area contributed by atoms with Crippen molar-refractivity contribution >= 4 is 22.7 Å². The summed E-state index contributed by atoms with van der Waals surface area (Å²) in [6.07, 6.45) is 1.42. The summed E-state index contributed by atoms with van der Waals surface area (Å²) in [5.41, 5.74) is 1.04. The van der Waals surface area contributed by atoms with Gasteiger partial charge in [-0.3, -0.25) is 9.59 Å². The predicted molar refractivity (Wildman–Crippen MR) is 88.6 cm³/mol. The molecule has 1 aromatic heterocycles. The maximum Gasteiger partial charge on any atom is 0.310 e. The van der Waals surface area contributed by atoms with Gasteiger partial charge in [0.05, 0.1) is 19.3 Å². The minimum atomic E-state index is -1.04. The molecule has 0 saturated heterocycles. The monoisotopic (exact) mass is 342 g/mol. The second-order valence-corrected chi connectivity index (χ2v) is 5.61. The van der Waals surface area contributed by atoms with Crippen LogP contribution in [0.1, 0.15) is 34.3 Å². The first-order chi connectivity index (χ1) is 11.9. The highest BCUT2D eigenvalue weighted by Gasteiger charge is 2.28. The SMILES string of the molecule is COc1c(C(C)C(=O)O)cc2ccoc2c1C(=O)c1ccc(F)cc1. The van der Waals surface area contributed by atoms with Crippen molar-refractivity contribution in [1.82, 2.24) is 0 Å². The summed E-state index contributed by atoms with van der Waals surface area (Å²) >= 11 is 0. The van der Waals surface area contributed by atoms with Crippen molar-refractivity contribution in [3.63, 3.8) is 0 Å². The van der Waals surface area contributed by atoms with Crippen LogP contribution in [0.2, 0.25) is 0 Å². The van der Waals surface area contributed by atoms with E-state index in [1.807, 2.05) is 0 Å². The summed E-state index contributed by atoms with van der Waals surface area (Å²) < 4.78 is 23.9. The molecule has 0 amide bonds. The molecule has 0 radical (unpaired) electrons. The smallest absolute Gasteiger partial charge is 0.310 e. The molecule has 1 unspecified atom stereocenters. The number of hydrogen-bond donors (Lipinski definition) is 1. The van der Waals surface area contributed by atoms with Crippen molar-refractivity contribution in [1.29, 1.82) is 0 Å². The van der Waals surface area contributed by atoms with Crippen LogP contribution >= 0.6 is 0 Å². The van der Waals surface area contributed by atoms with Crippen molar-refractivity contribution in [2.24, 2.45) is 0 Å². The number of carboxylic acid groups (broad SMARTS) is 1. The Kier molecular flexibility index (Phi) is 4.27. The maximum atomic E-state index is 13.1. The van der Waals surface area contributed by atoms with Crippen LogP contribution < -0.4 is 4.74 Å². The van der Waals surface area contributed by atoms with Gasteiger partial charge in [-0.1, -0.05) is 0 Å². The van der Waals surface area contributed by atoms with E-state index >= 15 is 0 Å². The van der Waals surface area contributed by atoms with Crippen LogP contribution in [-0.4, -0.2) is 24.0 Å². The van der Waals surface area contributed by atoms with Crippen molar-refractivity contribution in [3.8, 4) is 5.75 Å². The molecule has 0 bridgehead atoms. The number of furan rings is 1. The van der Waals surface area contributed by atoms with Gasteiger partial charge in [-0.2, -0.15) is 0 Å². The number of carboxylic acids is 1. The Bertz CT molecular complexity index is 956. The Morgan fingerprint density at radius 1 is 1.20 bits per heavy atom. The molecule has 3 rings (SSSR count). The van der Waals surface area contributed by atoms with Crippen molar-refractivity contribution < 1.29 is 28.2 Å². The Balaban J connectivity index is 2.28. The number of rotatable bonds is 5. The van der Waals surface area contributed by atoms with E-state index in [2.05, 4.69) is 0 Å². The van der Waals surface area contributed by atoms with E-state index in [1.54, 1.807) is 12.1 Å². The minimum absolute atomic E-state index is 0.125. The summed E-state index contributed by atoms with van der Waals surface area (Å²) in [5.74, 6) is -2.67. The van der Waals surface area contributed by atoms with Crippen LogP contribution in [0.3, 0.4) is 0 Å². The van der Waals surface area contributed by atoms with Gasteiger partial charge in [0, 0.05) is 16.5 Å². The van der Waals surface area contributed by atoms with Gasteiger partial charge in [-0.15, -0.1) is 0 Å². The lowest BCUT2D eigenvalue weighted by Gasteiger charge is -2.16. The van der Waals surface area contributed by atoms with Crippen LogP contribution in [-0.2, 0) is 4.79 Å². The molecule has 128 valence electrons. The predicted octanol–water partition coefficient (Wildman–Crippen LogP) is 4.00. The van der Waals surface area contributed by atoms with Gasteiger partial charge in [0.15, 0.2) is 0 Å².